The summed E-state index contributed by atoms with van der Waals surface area (Å²) in [5, 5.41) is 0. The van der Waals surface area contributed by atoms with Gasteiger partial charge in [-0.15, -0.1) is 0 Å². The highest BCUT2D eigenvalue weighted by Crippen LogP contribution is 2.46. The standard InChI is InChI=1S/C13H15NO2/c1-16-13(15)11-10(8-2-3-8)6-7-14-12(11)9-4-5-9/h6-9H,2-5H2,1H3. The first-order valence-electron chi connectivity index (χ1n) is 5.88. The Morgan fingerprint density at radius 2 is 2.00 bits per heavy atom. The van der Waals surface area contributed by atoms with E-state index in [0.29, 0.717) is 11.8 Å². The number of methoxy groups -OCH3 is 1. The van der Waals surface area contributed by atoms with Gasteiger partial charge in [-0.05, 0) is 43.2 Å². The summed E-state index contributed by atoms with van der Waals surface area (Å²) in [5.41, 5.74) is 2.88. The summed E-state index contributed by atoms with van der Waals surface area (Å²) < 4.78 is 4.89. The number of pyridine rings is 1. The largest absolute Gasteiger partial charge is 0.465 e. The molecule has 0 N–H and O–H groups in total. The molecule has 0 amide bonds. The quantitative estimate of drug-likeness (QED) is 0.730. The highest BCUT2D eigenvalue weighted by Gasteiger charge is 2.35. The summed E-state index contributed by atoms with van der Waals surface area (Å²) in [6.45, 7) is 0. The van der Waals surface area contributed by atoms with Crippen molar-refractivity contribution in [2.75, 3.05) is 7.11 Å². The van der Waals surface area contributed by atoms with Crippen LogP contribution in [0.1, 0.15) is 59.1 Å². The maximum atomic E-state index is 11.9. The number of carbonyl (C=O) groups excluding carboxylic acids is 1. The number of hydrogen-bond donors (Lipinski definition) is 0. The van der Waals surface area contributed by atoms with Crippen molar-refractivity contribution in [2.24, 2.45) is 0 Å². The smallest absolute Gasteiger partial charge is 0.340 e. The fraction of sp³-hybridized carbons (Fsp3) is 0.538. The van der Waals surface area contributed by atoms with E-state index < -0.39 is 0 Å². The van der Waals surface area contributed by atoms with Gasteiger partial charge in [-0.1, -0.05) is 0 Å². The van der Waals surface area contributed by atoms with Crippen molar-refractivity contribution in [1.82, 2.24) is 4.98 Å². The van der Waals surface area contributed by atoms with Crippen LogP contribution >= 0.6 is 0 Å². The Kier molecular flexibility index (Phi) is 2.20. The molecule has 3 nitrogen and oxygen atoms in total. The van der Waals surface area contributed by atoms with Gasteiger partial charge in [0.2, 0.25) is 0 Å². The average molecular weight is 217 g/mol. The maximum Gasteiger partial charge on any atom is 0.340 e. The van der Waals surface area contributed by atoms with Gasteiger partial charge >= 0.3 is 5.97 Å². The number of ether oxygens (including phenoxy) is 1. The first kappa shape index (κ1) is 9.82. The van der Waals surface area contributed by atoms with E-state index >= 15 is 0 Å². The van der Waals surface area contributed by atoms with Crippen LogP contribution in [0.3, 0.4) is 0 Å². The van der Waals surface area contributed by atoms with Crippen LogP contribution < -0.4 is 0 Å². The minimum absolute atomic E-state index is 0.211. The van der Waals surface area contributed by atoms with E-state index in [4.69, 9.17) is 4.74 Å². The Morgan fingerprint density at radius 3 is 2.56 bits per heavy atom. The van der Waals surface area contributed by atoms with Crippen LogP contribution in [-0.2, 0) is 4.74 Å². The molecule has 0 spiro atoms. The first-order chi connectivity index (χ1) is 7.81. The lowest BCUT2D eigenvalue weighted by molar-refractivity contribution is 0.0597. The second kappa shape index (κ2) is 3.58. The number of esters is 1. The summed E-state index contributed by atoms with van der Waals surface area (Å²) >= 11 is 0. The Morgan fingerprint density at radius 1 is 1.31 bits per heavy atom. The van der Waals surface area contributed by atoms with E-state index in [1.165, 1.54) is 20.0 Å². The third-order valence-corrected chi connectivity index (χ3v) is 3.38. The molecule has 0 radical (unpaired) electrons. The van der Waals surface area contributed by atoms with Gasteiger partial charge in [-0.2, -0.15) is 0 Å². The zero-order chi connectivity index (χ0) is 11.1. The van der Waals surface area contributed by atoms with Crippen LogP contribution in [0.4, 0.5) is 0 Å². The second-order valence-corrected chi connectivity index (χ2v) is 4.70. The zero-order valence-corrected chi connectivity index (χ0v) is 9.40. The molecule has 1 heterocycles. The van der Waals surface area contributed by atoms with E-state index in [0.717, 1.165) is 29.7 Å². The molecule has 2 aliphatic rings. The summed E-state index contributed by atoms with van der Waals surface area (Å²) in [5.74, 6) is 0.847. The van der Waals surface area contributed by atoms with Gasteiger partial charge in [0.15, 0.2) is 0 Å². The summed E-state index contributed by atoms with van der Waals surface area (Å²) in [4.78, 5) is 16.2. The lowest BCUT2D eigenvalue weighted by Gasteiger charge is -2.10. The van der Waals surface area contributed by atoms with Crippen molar-refractivity contribution in [3.05, 3.63) is 29.1 Å². The molecule has 1 aromatic heterocycles. The molecule has 0 atom stereocenters. The van der Waals surface area contributed by atoms with Crippen LogP contribution in [0.5, 0.6) is 0 Å². The van der Waals surface area contributed by atoms with Gasteiger partial charge in [-0.25, -0.2) is 4.79 Å². The zero-order valence-electron chi connectivity index (χ0n) is 9.40. The predicted molar refractivity (Wildman–Crippen MR) is 59.5 cm³/mol. The van der Waals surface area contributed by atoms with Gasteiger partial charge in [0.25, 0.3) is 0 Å². The molecule has 0 saturated heterocycles. The lowest BCUT2D eigenvalue weighted by Crippen LogP contribution is -2.10. The molecule has 0 aromatic carbocycles. The molecule has 1 aromatic rings. The van der Waals surface area contributed by atoms with Gasteiger partial charge < -0.3 is 4.74 Å². The van der Waals surface area contributed by atoms with Gasteiger partial charge in [0.05, 0.1) is 18.4 Å². The first-order valence-corrected chi connectivity index (χ1v) is 5.88. The summed E-state index contributed by atoms with van der Waals surface area (Å²) in [6.07, 6.45) is 6.54. The normalized spacial score (nSPS) is 19.6. The number of rotatable bonds is 3. The van der Waals surface area contributed by atoms with Crippen LogP contribution in [0.25, 0.3) is 0 Å². The Hall–Kier alpha value is -1.38. The predicted octanol–water partition coefficient (Wildman–Crippen LogP) is 2.62. The van der Waals surface area contributed by atoms with Gasteiger partial charge in [0.1, 0.15) is 0 Å². The molecule has 2 saturated carbocycles. The lowest BCUT2D eigenvalue weighted by atomic mass is 10.0. The van der Waals surface area contributed by atoms with Crippen LogP contribution in [0, 0.1) is 0 Å². The van der Waals surface area contributed by atoms with E-state index in [-0.39, 0.29) is 5.97 Å². The van der Waals surface area contributed by atoms with Crippen molar-refractivity contribution in [3.8, 4) is 0 Å². The summed E-state index contributed by atoms with van der Waals surface area (Å²) in [7, 11) is 1.45. The maximum absolute atomic E-state index is 11.9. The highest BCUT2D eigenvalue weighted by molar-refractivity contribution is 5.93. The molecule has 0 unspecified atom stereocenters. The number of aromatic nitrogens is 1. The topological polar surface area (TPSA) is 39.2 Å². The molecule has 2 aliphatic carbocycles. The molecule has 3 rings (SSSR count). The Labute approximate surface area is 94.8 Å². The third-order valence-electron chi connectivity index (χ3n) is 3.38. The molecular formula is C13H15NO2. The summed E-state index contributed by atoms with van der Waals surface area (Å²) in [6, 6.07) is 1.98. The highest BCUT2D eigenvalue weighted by atomic mass is 16.5. The van der Waals surface area contributed by atoms with E-state index in [1.54, 1.807) is 0 Å². The minimum Gasteiger partial charge on any atom is -0.465 e. The van der Waals surface area contributed by atoms with Crippen molar-refractivity contribution in [1.29, 1.82) is 0 Å². The van der Waals surface area contributed by atoms with Crippen LogP contribution in [0.15, 0.2) is 12.3 Å². The third kappa shape index (κ3) is 1.60. The number of carbonyl (C=O) groups is 1. The van der Waals surface area contributed by atoms with Gasteiger partial charge in [0, 0.05) is 12.1 Å². The van der Waals surface area contributed by atoms with E-state index in [2.05, 4.69) is 4.98 Å². The van der Waals surface area contributed by atoms with Gasteiger partial charge in [-0.3, -0.25) is 4.98 Å². The fourth-order valence-corrected chi connectivity index (χ4v) is 2.22. The van der Waals surface area contributed by atoms with Crippen LogP contribution in [-0.4, -0.2) is 18.1 Å². The molecule has 84 valence electrons. The second-order valence-electron chi connectivity index (χ2n) is 4.70. The number of hydrogen-bond acceptors (Lipinski definition) is 3. The monoisotopic (exact) mass is 217 g/mol. The molecule has 2 fully saturated rings. The van der Waals surface area contributed by atoms with Crippen molar-refractivity contribution in [3.63, 3.8) is 0 Å². The Balaban J connectivity index is 2.09. The molecule has 3 heteroatoms. The Bertz CT molecular complexity index is 403. The fourth-order valence-electron chi connectivity index (χ4n) is 2.22. The van der Waals surface area contributed by atoms with E-state index in [9.17, 15) is 4.79 Å². The van der Waals surface area contributed by atoms with Crippen molar-refractivity contribution >= 4 is 5.97 Å². The molecule has 0 bridgehead atoms. The average Bonchev–Trinajstić information content (AvgIpc) is 3.20. The van der Waals surface area contributed by atoms with Crippen molar-refractivity contribution < 1.29 is 9.53 Å². The molecular weight excluding hydrogens is 202 g/mol. The van der Waals surface area contributed by atoms with Crippen molar-refractivity contribution in [2.45, 2.75) is 37.5 Å². The minimum atomic E-state index is -0.211. The molecule has 16 heavy (non-hydrogen) atoms. The molecule has 0 aliphatic heterocycles. The van der Waals surface area contributed by atoms with Crippen LogP contribution in [0.2, 0.25) is 0 Å². The van der Waals surface area contributed by atoms with E-state index in [1.807, 2.05) is 12.3 Å². The SMILES string of the molecule is COC(=O)c1c(C2CC2)ccnc1C1CC1. The number of nitrogens with zero attached hydrogens (tertiary/aromatic N) is 1.